The van der Waals surface area contributed by atoms with Gasteiger partial charge in [0, 0.05) is 59.4 Å². The van der Waals surface area contributed by atoms with Crippen molar-refractivity contribution in [1.29, 1.82) is 0 Å². The highest BCUT2D eigenvalue weighted by atomic mass is 14.9. The molecule has 0 aliphatic carbocycles. The first-order valence-electron chi connectivity index (χ1n) is 11.9. The number of nitrogens with zero attached hydrogens (tertiary/aromatic N) is 7. The zero-order chi connectivity index (χ0) is 25.9. The average Bonchev–Trinajstić information content (AvgIpc) is 3.63. The third-order valence-electron chi connectivity index (χ3n) is 6.28. The zero-order valence-corrected chi connectivity index (χ0v) is 20.4. The monoisotopic (exact) mass is 491 g/mol. The Morgan fingerprint density at radius 2 is 1.03 bits per heavy atom. The summed E-state index contributed by atoms with van der Waals surface area (Å²) in [5.74, 6) is 1.39. The molecule has 0 atom stereocenters. The highest BCUT2D eigenvalue weighted by molar-refractivity contribution is 5.86. The number of aromatic nitrogens is 7. The second-order valence-corrected chi connectivity index (χ2v) is 8.53. The van der Waals surface area contributed by atoms with Crippen molar-refractivity contribution in [3.63, 3.8) is 0 Å². The van der Waals surface area contributed by atoms with E-state index in [9.17, 15) is 0 Å². The maximum atomic E-state index is 4.61. The molecule has 0 saturated heterocycles. The number of fused-ring (bicyclic) bond motifs is 3. The lowest BCUT2D eigenvalue weighted by Crippen LogP contribution is -1.83. The molecular formula is C31H21N7. The molecule has 0 saturated carbocycles. The van der Waals surface area contributed by atoms with Crippen LogP contribution in [0.5, 0.6) is 0 Å². The van der Waals surface area contributed by atoms with Crippen LogP contribution in [0.15, 0.2) is 80.9 Å². The Kier molecular flexibility index (Phi) is 6.00. The molecule has 0 unspecified atom stereocenters. The van der Waals surface area contributed by atoms with Gasteiger partial charge in [0.05, 0.1) is 11.4 Å². The van der Waals surface area contributed by atoms with E-state index in [0.29, 0.717) is 11.6 Å². The molecule has 0 fully saturated rings. The van der Waals surface area contributed by atoms with Crippen molar-refractivity contribution in [2.45, 2.75) is 0 Å². The van der Waals surface area contributed by atoms with E-state index in [2.05, 4.69) is 48.0 Å². The largest absolute Gasteiger partial charge is 0.263 e. The Balaban J connectivity index is 1.37. The van der Waals surface area contributed by atoms with Crippen molar-refractivity contribution >= 4 is 36.5 Å². The van der Waals surface area contributed by atoms with E-state index < -0.39 is 0 Å². The Hall–Kier alpha value is -5.43. The minimum Gasteiger partial charge on any atom is -0.263 e. The first kappa shape index (κ1) is 23.0. The van der Waals surface area contributed by atoms with Gasteiger partial charge in [-0.2, -0.15) is 0 Å². The van der Waals surface area contributed by atoms with Gasteiger partial charge in [-0.25, -0.2) is 29.9 Å². The van der Waals surface area contributed by atoms with Crippen molar-refractivity contribution in [3.05, 3.63) is 115 Å². The van der Waals surface area contributed by atoms with E-state index in [1.54, 1.807) is 43.3 Å². The predicted molar refractivity (Wildman–Crippen MR) is 152 cm³/mol. The molecule has 0 radical (unpaired) electrons. The lowest BCUT2D eigenvalue weighted by Gasteiger charge is -2.00. The molecular weight excluding hydrogens is 470 g/mol. The highest BCUT2D eigenvalue weighted by Gasteiger charge is 2.13. The van der Waals surface area contributed by atoms with Crippen LogP contribution in [0.1, 0.15) is 33.6 Å². The number of hydrogen-bond donors (Lipinski definition) is 0. The van der Waals surface area contributed by atoms with Crippen molar-refractivity contribution in [1.82, 2.24) is 34.9 Å². The van der Waals surface area contributed by atoms with E-state index in [-0.39, 0.29) is 0 Å². The van der Waals surface area contributed by atoms with Crippen LogP contribution >= 0.6 is 0 Å². The summed E-state index contributed by atoms with van der Waals surface area (Å²) in [5, 5.41) is 0. The fourth-order valence-corrected chi connectivity index (χ4v) is 4.29. The third-order valence-corrected chi connectivity index (χ3v) is 6.28. The molecule has 38 heavy (non-hydrogen) atoms. The normalized spacial score (nSPS) is 11.7. The summed E-state index contributed by atoms with van der Waals surface area (Å²) in [4.78, 5) is 31.1. The van der Waals surface area contributed by atoms with Crippen LogP contribution in [0, 0.1) is 0 Å². The Labute approximate surface area is 219 Å². The van der Waals surface area contributed by atoms with E-state index >= 15 is 0 Å². The fraction of sp³-hybridized carbons (Fsp3) is 0. The smallest absolute Gasteiger partial charge is 0.159 e. The van der Waals surface area contributed by atoms with Gasteiger partial charge in [-0.1, -0.05) is 37.5 Å². The second kappa shape index (κ2) is 9.91. The van der Waals surface area contributed by atoms with Crippen molar-refractivity contribution in [2.75, 3.05) is 0 Å². The molecule has 0 bridgehead atoms. The van der Waals surface area contributed by atoms with Crippen LogP contribution in [0.2, 0.25) is 0 Å². The van der Waals surface area contributed by atoms with Gasteiger partial charge in [0.15, 0.2) is 11.6 Å². The summed E-state index contributed by atoms with van der Waals surface area (Å²) in [6.07, 6.45) is 23.7. The van der Waals surface area contributed by atoms with Crippen molar-refractivity contribution < 1.29 is 0 Å². The maximum Gasteiger partial charge on any atom is 0.159 e. The lowest BCUT2D eigenvalue weighted by atomic mass is 10.0. The molecule has 6 heterocycles. The standard InChI is InChI=1S/C31H21N7/c1-3-20-15-35-30-24(9-11-33-30)13-22(20)5-7-28-26-17-32-18-27(26)29(38-19-37-28)8-6-23-14-25-10-12-34-31(25)36-16-21(23)4-2/h3-19H,1-2H2/b7-5+,8-6+. The van der Waals surface area contributed by atoms with Gasteiger partial charge in [-0.3, -0.25) is 4.98 Å². The minimum absolute atomic E-state index is 0.693. The van der Waals surface area contributed by atoms with Crippen LogP contribution in [-0.2, 0) is 0 Å². The topological polar surface area (TPSA) is 90.2 Å². The molecule has 7 heteroatoms. The summed E-state index contributed by atoms with van der Waals surface area (Å²) in [6.45, 7) is 7.87. The first-order valence-corrected chi connectivity index (χ1v) is 11.9. The molecule has 0 aromatic rings. The summed E-state index contributed by atoms with van der Waals surface area (Å²) in [5.41, 5.74) is 8.92. The predicted octanol–water partition coefficient (Wildman–Crippen LogP) is 6.39. The lowest BCUT2D eigenvalue weighted by molar-refractivity contribution is 1.20. The average molecular weight is 492 g/mol. The molecule has 180 valence electrons. The van der Waals surface area contributed by atoms with Crippen LogP contribution in [0.3, 0.4) is 0 Å². The summed E-state index contributed by atoms with van der Waals surface area (Å²) >= 11 is 0. The van der Waals surface area contributed by atoms with Crippen molar-refractivity contribution in [3.8, 4) is 33.9 Å². The van der Waals surface area contributed by atoms with Gasteiger partial charge in [0.25, 0.3) is 0 Å². The minimum atomic E-state index is 0.693. The summed E-state index contributed by atoms with van der Waals surface area (Å²) in [7, 11) is 0. The van der Waals surface area contributed by atoms with E-state index in [1.807, 2.05) is 61.0 Å². The molecule has 0 aromatic heterocycles. The molecule has 0 aromatic carbocycles. The number of rotatable bonds is 6. The summed E-state index contributed by atoms with van der Waals surface area (Å²) < 4.78 is 0. The van der Waals surface area contributed by atoms with Gasteiger partial charge in [0.1, 0.15) is 6.33 Å². The van der Waals surface area contributed by atoms with E-state index in [1.165, 1.54) is 0 Å². The van der Waals surface area contributed by atoms with Gasteiger partial charge < -0.3 is 0 Å². The van der Waals surface area contributed by atoms with Gasteiger partial charge in [-0.05, 0) is 58.7 Å². The Morgan fingerprint density at radius 3 is 1.50 bits per heavy atom. The quantitative estimate of drug-likeness (QED) is 0.266. The van der Waals surface area contributed by atoms with Crippen LogP contribution in [0.25, 0.3) is 70.4 Å². The van der Waals surface area contributed by atoms with Crippen LogP contribution in [-0.4, -0.2) is 34.9 Å². The molecule has 0 spiro atoms. The van der Waals surface area contributed by atoms with E-state index in [4.69, 9.17) is 0 Å². The van der Waals surface area contributed by atoms with Crippen LogP contribution < -0.4 is 0 Å². The van der Waals surface area contributed by atoms with Crippen molar-refractivity contribution in [2.24, 2.45) is 0 Å². The molecule has 7 nitrogen and oxygen atoms in total. The van der Waals surface area contributed by atoms with E-state index in [0.717, 1.165) is 55.9 Å². The second-order valence-electron chi connectivity index (χ2n) is 8.53. The molecule has 0 amide bonds. The van der Waals surface area contributed by atoms with Crippen LogP contribution in [0.4, 0.5) is 0 Å². The highest BCUT2D eigenvalue weighted by Crippen LogP contribution is 2.30. The third kappa shape index (κ3) is 4.33. The molecule has 0 N–H and O–H groups in total. The SMILES string of the molecule is C=Cc1cnc2nccc-2cc1/C=C/c1ncnc(/C=C/c2cc3ccnc-3ncc2C=C)c2cncc1-2. The Bertz CT molecular complexity index is 1640. The van der Waals surface area contributed by atoms with Gasteiger partial charge in [-0.15, -0.1) is 0 Å². The summed E-state index contributed by atoms with van der Waals surface area (Å²) in [6, 6.07) is 7.97. The molecule has 6 aliphatic rings. The first-order chi connectivity index (χ1) is 18.7. The van der Waals surface area contributed by atoms with Gasteiger partial charge in [0.2, 0.25) is 0 Å². The maximum absolute atomic E-state index is 4.61. The number of hydrogen-bond acceptors (Lipinski definition) is 7. The fourth-order valence-electron chi connectivity index (χ4n) is 4.29. The zero-order valence-electron chi connectivity index (χ0n) is 20.4. The Morgan fingerprint density at radius 1 is 0.526 bits per heavy atom. The molecule has 6 aliphatic heterocycles. The van der Waals surface area contributed by atoms with Gasteiger partial charge >= 0.3 is 0 Å². The molecule has 6 rings (SSSR count).